The summed E-state index contributed by atoms with van der Waals surface area (Å²) in [4.78, 5) is 0. The first kappa shape index (κ1) is 24.6. The molecule has 0 amide bonds. The molecule has 1 heteroatoms. The van der Waals surface area contributed by atoms with Crippen molar-refractivity contribution in [3.63, 3.8) is 0 Å². The number of aliphatic hydroxyl groups is 1. The topological polar surface area (TPSA) is 20.2 Å². The van der Waals surface area contributed by atoms with Gasteiger partial charge in [0.15, 0.2) is 0 Å². The quantitative estimate of drug-likeness (QED) is 0.332. The highest BCUT2D eigenvalue weighted by Crippen LogP contribution is 2.49. The first-order valence-corrected chi connectivity index (χ1v) is 14.4. The maximum absolute atomic E-state index is 9.18. The van der Waals surface area contributed by atoms with Gasteiger partial charge in [0.05, 0.1) is 0 Å². The zero-order chi connectivity index (χ0) is 21.2. The van der Waals surface area contributed by atoms with E-state index in [2.05, 4.69) is 13.8 Å². The minimum Gasteiger partial charge on any atom is -0.396 e. The molecule has 1 N–H and O–H groups in total. The maximum atomic E-state index is 9.18. The van der Waals surface area contributed by atoms with Gasteiger partial charge in [-0.2, -0.15) is 0 Å². The molecule has 0 heterocycles. The first-order chi connectivity index (χ1) is 14.7. The highest BCUT2D eigenvalue weighted by atomic mass is 16.2. The molecular formula is C29H54O. The van der Waals surface area contributed by atoms with Crippen LogP contribution in [-0.4, -0.2) is 11.7 Å². The lowest BCUT2D eigenvalue weighted by Gasteiger charge is -2.44. The Hall–Kier alpha value is -0.0400. The second-order valence-corrected chi connectivity index (χ2v) is 11.7. The summed E-state index contributed by atoms with van der Waals surface area (Å²) in [6.07, 6.45) is 27.8. The molecule has 0 spiro atoms. The van der Waals surface area contributed by atoms with Crippen LogP contribution in [0.15, 0.2) is 0 Å². The lowest BCUT2D eigenvalue weighted by molar-refractivity contribution is 0.0633. The predicted molar refractivity (Wildman–Crippen MR) is 131 cm³/mol. The normalized spacial score (nSPS) is 37.9. The van der Waals surface area contributed by atoms with E-state index in [1.165, 1.54) is 64.2 Å². The van der Waals surface area contributed by atoms with Gasteiger partial charge >= 0.3 is 0 Å². The van der Waals surface area contributed by atoms with E-state index in [1.54, 1.807) is 51.4 Å². The number of hydrogen-bond donors (Lipinski definition) is 1. The Kier molecular flexibility index (Phi) is 11.1. The fraction of sp³-hybridized carbons (Fsp3) is 1.00. The van der Waals surface area contributed by atoms with Crippen LogP contribution in [0.4, 0.5) is 0 Å². The number of unbranched alkanes of at least 4 members (excludes halogenated alkanes) is 3. The van der Waals surface area contributed by atoms with Crippen LogP contribution >= 0.6 is 0 Å². The van der Waals surface area contributed by atoms with E-state index in [9.17, 15) is 5.11 Å². The molecule has 0 saturated heterocycles. The molecule has 1 nitrogen and oxygen atoms in total. The van der Waals surface area contributed by atoms with E-state index < -0.39 is 0 Å². The van der Waals surface area contributed by atoms with E-state index in [-0.39, 0.29) is 0 Å². The van der Waals surface area contributed by atoms with Gasteiger partial charge in [0.25, 0.3) is 0 Å². The third-order valence-corrected chi connectivity index (χ3v) is 9.89. The molecule has 3 saturated carbocycles. The zero-order valence-electron chi connectivity index (χ0n) is 20.6. The molecular weight excluding hydrogens is 364 g/mol. The standard InChI is InChI=1S/C29H54O/c1-3-5-6-7-9-23-11-14-26(15-12-23)27-16-18-28(19-17-27)29-20-13-24(10-8-21-30)22-25(29)4-2/h23-30H,3-22H2,1-2H3. The van der Waals surface area contributed by atoms with Crippen molar-refractivity contribution >= 4 is 0 Å². The molecule has 0 radical (unpaired) electrons. The zero-order valence-corrected chi connectivity index (χ0v) is 20.6. The van der Waals surface area contributed by atoms with Gasteiger partial charge in [0.1, 0.15) is 0 Å². The highest BCUT2D eigenvalue weighted by molar-refractivity contribution is 4.88. The van der Waals surface area contributed by atoms with Crippen molar-refractivity contribution in [2.24, 2.45) is 41.4 Å². The van der Waals surface area contributed by atoms with E-state index in [0.29, 0.717) is 6.61 Å². The van der Waals surface area contributed by atoms with E-state index in [4.69, 9.17) is 0 Å². The third-order valence-electron chi connectivity index (χ3n) is 9.89. The minimum atomic E-state index is 0.390. The molecule has 0 aromatic carbocycles. The second kappa shape index (κ2) is 13.5. The van der Waals surface area contributed by atoms with Crippen molar-refractivity contribution < 1.29 is 5.11 Å². The largest absolute Gasteiger partial charge is 0.396 e. The third kappa shape index (κ3) is 7.25. The fourth-order valence-electron chi connectivity index (χ4n) is 7.97. The summed E-state index contributed by atoms with van der Waals surface area (Å²) in [5.41, 5.74) is 0. The first-order valence-electron chi connectivity index (χ1n) is 14.4. The summed E-state index contributed by atoms with van der Waals surface area (Å²) in [6, 6.07) is 0. The Morgan fingerprint density at radius 3 is 1.83 bits per heavy atom. The smallest absolute Gasteiger partial charge is 0.0431 e. The van der Waals surface area contributed by atoms with Gasteiger partial charge in [-0.05, 0) is 106 Å². The van der Waals surface area contributed by atoms with Gasteiger partial charge in [-0.25, -0.2) is 0 Å². The van der Waals surface area contributed by atoms with Crippen molar-refractivity contribution in [2.45, 2.75) is 136 Å². The van der Waals surface area contributed by atoms with Crippen molar-refractivity contribution in [1.29, 1.82) is 0 Å². The van der Waals surface area contributed by atoms with Crippen LogP contribution < -0.4 is 0 Å². The summed E-state index contributed by atoms with van der Waals surface area (Å²) in [5.74, 6) is 7.18. The Labute approximate surface area is 189 Å². The lowest BCUT2D eigenvalue weighted by Crippen LogP contribution is -2.34. The van der Waals surface area contributed by atoms with Gasteiger partial charge in [0.2, 0.25) is 0 Å². The molecule has 0 aromatic rings. The molecule has 3 unspecified atom stereocenters. The summed E-state index contributed by atoms with van der Waals surface area (Å²) in [5, 5.41) is 9.18. The molecule has 176 valence electrons. The lowest BCUT2D eigenvalue weighted by atomic mass is 9.61. The van der Waals surface area contributed by atoms with Crippen LogP contribution in [0.3, 0.4) is 0 Å². The summed E-state index contributed by atoms with van der Waals surface area (Å²) in [6.45, 7) is 5.16. The summed E-state index contributed by atoms with van der Waals surface area (Å²) >= 11 is 0. The Balaban J connectivity index is 1.36. The number of aliphatic hydroxyl groups excluding tert-OH is 1. The van der Waals surface area contributed by atoms with E-state index in [0.717, 1.165) is 47.8 Å². The molecule has 3 fully saturated rings. The number of hydrogen-bond acceptors (Lipinski definition) is 1. The minimum absolute atomic E-state index is 0.390. The highest BCUT2D eigenvalue weighted by Gasteiger charge is 2.37. The van der Waals surface area contributed by atoms with Crippen molar-refractivity contribution in [1.82, 2.24) is 0 Å². The molecule has 3 aliphatic rings. The van der Waals surface area contributed by atoms with Gasteiger partial charge in [-0.3, -0.25) is 0 Å². The van der Waals surface area contributed by atoms with Crippen LogP contribution in [0.2, 0.25) is 0 Å². The maximum Gasteiger partial charge on any atom is 0.0431 e. The Bertz CT molecular complexity index is 430. The SMILES string of the molecule is CCCCCCC1CCC(C2CCC(C3CCC(CCCO)CC3CC)CC2)CC1. The van der Waals surface area contributed by atoms with Crippen LogP contribution in [0, 0.1) is 41.4 Å². The van der Waals surface area contributed by atoms with Gasteiger partial charge in [0, 0.05) is 6.61 Å². The monoisotopic (exact) mass is 418 g/mol. The average Bonchev–Trinajstić information content (AvgIpc) is 2.81. The molecule has 0 aliphatic heterocycles. The Morgan fingerprint density at radius 1 is 0.600 bits per heavy atom. The van der Waals surface area contributed by atoms with Crippen molar-refractivity contribution in [3.8, 4) is 0 Å². The molecule has 0 bridgehead atoms. The molecule has 3 aliphatic carbocycles. The van der Waals surface area contributed by atoms with Gasteiger partial charge in [-0.15, -0.1) is 0 Å². The molecule has 3 atom stereocenters. The predicted octanol–water partition coefficient (Wildman–Crippen LogP) is 8.78. The Morgan fingerprint density at radius 2 is 1.20 bits per heavy atom. The molecule has 0 aromatic heterocycles. The van der Waals surface area contributed by atoms with Crippen LogP contribution in [-0.2, 0) is 0 Å². The van der Waals surface area contributed by atoms with Crippen molar-refractivity contribution in [3.05, 3.63) is 0 Å². The van der Waals surface area contributed by atoms with Crippen LogP contribution in [0.25, 0.3) is 0 Å². The summed E-state index contributed by atoms with van der Waals surface area (Å²) in [7, 11) is 0. The van der Waals surface area contributed by atoms with Crippen LogP contribution in [0.1, 0.15) is 136 Å². The molecule has 30 heavy (non-hydrogen) atoms. The fourth-order valence-corrected chi connectivity index (χ4v) is 7.97. The summed E-state index contributed by atoms with van der Waals surface area (Å²) < 4.78 is 0. The second-order valence-electron chi connectivity index (χ2n) is 11.7. The van der Waals surface area contributed by atoms with Crippen LogP contribution in [0.5, 0.6) is 0 Å². The van der Waals surface area contributed by atoms with Gasteiger partial charge < -0.3 is 5.11 Å². The van der Waals surface area contributed by atoms with E-state index in [1.807, 2.05) is 0 Å². The average molecular weight is 419 g/mol. The van der Waals surface area contributed by atoms with Crippen molar-refractivity contribution in [2.75, 3.05) is 6.61 Å². The van der Waals surface area contributed by atoms with E-state index >= 15 is 0 Å². The molecule has 3 rings (SSSR count). The number of rotatable bonds is 11. The van der Waals surface area contributed by atoms with Gasteiger partial charge in [-0.1, -0.05) is 71.6 Å².